The maximum atomic E-state index is 13.5. The number of halogens is 2. The van der Waals surface area contributed by atoms with Gasteiger partial charge in [-0.05, 0) is 48.5 Å². The van der Waals surface area contributed by atoms with Crippen molar-refractivity contribution in [3.05, 3.63) is 122 Å². The molecule has 1 amide bonds. The summed E-state index contributed by atoms with van der Waals surface area (Å²) in [4.78, 5) is 29.2. The van der Waals surface area contributed by atoms with E-state index >= 15 is 0 Å². The maximum Gasteiger partial charge on any atom is 0.275 e. The number of pyridine rings is 1. The van der Waals surface area contributed by atoms with Gasteiger partial charge in [0.15, 0.2) is 0 Å². The average molecular weight is 575 g/mol. The summed E-state index contributed by atoms with van der Waals surface area (Å²) in [5, 5.41) is 15.6. The quantitative estimate of drug-likeness (QED) is 0.163. The number of aromatic nitrogens is 1. The molecule has 0 unspecified atom stereocenters. The molecule has 1 aromatic heterocycles. The highest BCUT2D eigenvalue weighted by atomic mass is 79.9. The fourth-order valence-corrected chi connectivity index (χ4v) is 4.18. The number of anilines is 1. The second kappa shape index (κ2) is 10.4. The summed E-state index contributed by atoms with van der Waals surface area (Å²) in [5.74, 6) is 0.269. The zero-order valence-electron chi connectivity index (χ0n) is 19.0. The third-order valence-electron chi connectivity index (χ3n) is 5.51. The van der Waals surface area contributed by atoms with Crippen LogP contribution in [0.25, 0.3) is 22.2 Å². The fraction of sp³-hybridized carbons (Fsp3) is 0. The lowest BCUT2D eigenvalue weighted by molar-refractivity contribution is -0.384. The van der Waals surface area contributed by atoms with Crippen molar-refractivity contribution < 1.29 is 14.5 Å². The zero-order valence-corrected chi connectivity index (χ0v) is 21.4. The second-order valence-corrected chi connectivity index (χ2v) is 9.41. The number of hydrogen-bond acceptors (Lipinski definition) is 5. The SMILES string of the molecule is O=C(Nc1cc(Oc2ccc(Br)cc2)cc([N+](=O)[O-])c1)c1cc(-c2ccc(Cl)cc2)nc2ccccc12. The summed E-state index contributed by atoms with van der Waals surface area (Å²) in [7, 11) is 0. The fourth-order valence-electron chi connectivity index (χ4n) is 3.79. The van der Waals surface area contributed by atoms with Crippen molar-refractivity contribution in [1.82, 2.24) is 4.98 Å². The van der Waals surface area contributed by atoms with Gasteiger partial charge in [-0.15, -0.1) is 0 Å². The van der Waals surface area contributed by atoms with Crippen LogP contribution in [0.1, 0.15) is 10.4 Å². The van der Waals surface area contributed by atoms with Crippen LogP contribution in [-0.2, 0) is 0 Å². The maximum absolute atomic E-state index is 13.5. The minimum Gasteiger partial charge on any atom is -0.457 e. The van der Waals surface area contributed by atoms with Crippen molar-refractivity contribution in [2.45, 2.75) is 0 Å². The van der Waals surface area contributed by atoms with Gasteiger partial charge in [0, 0.05) is 32.6 Å². The second-order valence-electron chi connectivity index (χ2n) is 8.06. The first-order valence-electron chi connectivity index (χ1n) is 11.1. The largest absolute Gasteiger partial charge is 0.457 e. The number of nitro groups is 1. The van der Waals surface area contributed by atoms with Crippen LogP contribution in [0.3, 0.4) is 0 Å². The number of para-hydroxylation sites is 1. The smallest absolute Gasteiger partial charge is 0.275 e. The van der Waals surface area contributed by atoms with Crippen LogP contribution >= 0.6 is 27.5 Å². The standard InChI is InChI=1S/C28H17BrClN3O4/c29-18-7-11-22(12-8-18)37-23-14-20(13-21(15-23)33(35)36)31-28(34)25-16-27(17-5-9-19(30)10-6-17)32-26-4-2-1-3-24(25)26/h1-16H,(H,31,34). The molecule has 0 radical (unpaired) electrons. The lowest BCUT2D eigenvalue weighted by Gasteiger charge is -2.12. The van der Waals surface area contributed by atoms with E-state index < -0.39 is 10.8 Å². The van der Waals surface area contributed by atoms with E-state index in [1.807, 2.05) is 30.3 Å². The molecular formula is C28H17BrClN3O4. The van der Waals surface area contributed by atoms with E-state index in [0.717, 1.165) is 10.0 Å². The third-order valence-corrected chi connectivity index (χ3v) is 6.29. The van der Waals surface area contributed by atoms with E-state index in [9.17, 15) is 14.9 Å². The van der Waals surface area contributed by atoms with Crippen LogP contribution in [-0.4, -0.2) is 15.8 Å². The van der Waals surface area contributed by atoms with Crippen LogP contribution in [0.2, 0.25) is 5.02 Å². The number of carbonyl (C=O) groups excluding carboxylic acids is 1. The predicted octanol–water partition coefficient (Wildman–Crippen LogP) is 8.27. The first-order chi connectivity index (χ1) is 17.9. The number of nitro benzene ring substituents is 1. The Morgan fingerprint density at radius 1 is 0.919 bits per heavy atom. The molecule has 5 aromatic rings. The number of hydrogen-bond donors (Lipinski definition) is 1. The van der Waals surface area contributed by atoms with Gasteiger partial charge in [-0.3, -0.25) is 14.9 Å². The highest BCUT2D eigenvalue weighted by Crippen LogP contribution is 2.32. The Morgan fingerprint density at radius 2 is 1.65 bits per heavy atom. The number of nitrogens with zero attached hydrogens (tertiary/aromatic N) is 2. The highest BCUT2D eigenvalue weighted by Gasteiger charge is 2.17. The van der Waals surface area contributed by atoms with Gasteiger partial charge in [0.2, 0.25) is 0 Å². The van der Waals surface area contributed by atoms with Gasteiger partial charge in [-0.25, -0.2) is 4.98 Å². The van der Waals surface area contributed by atoms with Gasteiger partial charge in [-0.2, -0.15) is 0 Å². The van der Waals surface area contributed by atoms with E-state index in [4.69, 9.17) is 21.3 Å². The number of carbonyl (C=O) groups is 1. The number of benzene rings is 4. The van der Waals surface area contributed by atoms with E-state index in [2.05, 4.69) is 21.2 Å². The summed E-state index contributed by atoms with van der Waals surface area (Å²) in [5.41, 5.74) is 2.41. The van der Waals surface area contributed by atoms with Crippen molar-refractivity contribution in [2.24, 2.45) is 0 Å². The van der Waals surface area contributed by atoms with Crippen LogP contribution < -0.4 is 10.1 Å². The molecule has 4 aromatic carbocycles. The lowest BCUT2D eigenvalue weighted by Crippen LogP contribution is -2.13. The van der Waals surface area contributed by atoms with Crippen LogP contribution in [0.4, 0.5) is 11.4 Å². The Balaban J connectivity index is 1.52. The van der Waals surface area contributed by atoms with Crippen molar-refractivity contribution in [1.29, 1.82) is 0 Å². The molecule has 0 saturated heterocycles. The van der Waals surface area contributed by atoms with Crippen molar-refractivity contribution in [3.63, 3.8) is 0 Å². The lowest BCUT2D eigenvalue weighted by atomic mass is 10.0. The number of ether oxygens (including phenoxy) is 1. The molecule has 5 rings (SSSR count). The molecular weight excluding hydrogens is 558 g/mol. The predicted molar refractivity (Wildman–Crippen MR) is 147 cm³/mol. The summed E-state index contributed by atoms with van der Waals surface area (Å²) < 4.78 is 6.68. The molecule has 0 fully saturated rings. The molecule has 9 heteroatoms. The third kappa shape index (κ3) is 5.61. The zero-order chi connectivity index (χ0) is 25.9. The molecule has 37 heavy (non-hydrogen) atoms. The Labute approximate surface area is 225 Å². The van der Waals surface area contributed by atoms with Gasteiger partial charge in [-0.1, -0.05) is 57.9 Å². The topological polar surface area (TPSA) is 94.4 Å². The van der Waals surface area contributed by atoms with Gasteiger partial charge >= 0.3 is 0 Å². The Hall–Kier alpha value is -4.27. The number of rotatable bonds is 6. The van der Waals surface area contributed by atoms with Gasteiger partial charge in [0.05, 0.1) is 33.5 Å². The summed E-state index contributed by atoms with van der Waals surface area (Å²) >= 11 is 9.39. The molecule has 0 spiro atoms. The molecule has 1 N–H and O–H groups in total. The number of amides is 1. The normalized spacial score (nSPS) is 10.8. The van der Waals surface area contributed by atoms with Crippen LogP contribution in [0.5, 0.6) is 11.5 Å². The summed E-state index contributed by atoms with van der Waals surface area (Å²) in [6, 6.07) is 27.3. The summed E-state index contributed by atoms with van der Waals surface area (Å²) in [6.45, 7) is 0. The first kappa shape index (κ1) is 24.4. The van der Waals surface area contributed by atoms with E-state index in [1.54, 1.807) is 48.5 Å². The molecule has 7 nitrogen and oxygen atoms in total. The number of nitrogens with one attached hydrogen (secondary N) is 1. The van der Waals surface area contributed by atoms with Gasteiger partial charge in [0.1, 0.15) is 11.5 Å². The number of non-ortho nitro benzene ring substituents is 1. The van der Waals surface area contributed by atoms with E-state index in [-0.39, 0.29) is 17.1 Å². The van der Waals surface area contributed by atoms with Crippen LogP contribution in [0.15, 0.2) is 102 Å². The molecule has 0 aliphatic rings. The Kier molecular flexibility index (Phi) is 6.85. The van der Waals surface area contributed by atoms with Gasteiger partial charge in [0.25, 0.3) is 11.6 Å². The summed E-state index contributed by atoms with van der Waals surface area (Å²) in [6.07, 6.45) is 0. The molecule has 0 atom stereocenters. The molecule has 1 heterocycles. The first-order valence-corrected chi connectivity index (χ1v) is 12.2. The minimum absolute atomic E-state index is 0.216. The van der Waals surface area contributed by atoms with E-state index in [0.29, 0.717) is 32.9 Å². The molecule has 0 aliphatic heterocycles. The van der Waals surface area contributed by atoms with Crippen molar-refractivity contribution >= 4 is 55.7 Å². The molecule has 0 aliphatic carbocycles. The number of fused-ring (bicyclic) bond motifs is 1. The Bertz CT molecular complexity index is 1640. The monoisotopic (exact) mass is 573 g/mol. The molecule has 0 bridgehead atoms. The Morgan fingerprint density at radius 3 is 2.38 bits per heavy atom. The van der Waals surface area contributed by atoms with Crippen LogP contribution in [0, 0.1) is 10.1 Å². The van der Waals surface area contributed by atoms with Crippen molar-refractivity contribution in [2.75, 3.05) is 5.32 Å². The highest BCUT2D eigenvalue weighted by molar-refractivity contribution is 9.10. The molecule has 0 saturated carbocycles. The molecule has 182 valence electrons. The minimum atomic E-state index is -0.537. The average Bonchev–Trinajstić information content (AvgIpc) is 2.89. The van der Waals surface area contributed by atoms with Crippen molar-refractivity contribution in [3.8, 4) is 22.8 Å². The van der Waals surface area contributed by atoms with E-state index in [1.165, 1.54) is 18.2 Å². The van der Waals surface area contributed by atoms with Gasteiger partial charge < -0.3 is 10.1 Å².